The van der Waals surface area contributed by atoms with E-state index < -0.39 is 0 Å². The van der Waals surface area contributed by atoms with Crippen molar-refractivity contribution >= 4 is 27.5 Å². The van der Waals surface area contributed by atoms with Gasteiger partial charge in [-0.2, -0.15) is 5.10 Å². The molecule has 0 aliphatic heterocycles. The summed E-state index contributed by atoms with van der Waals surface area (Å²) in [6.45, 7) is 3.26. The van der Waals surface area contributed by atoms with Gasteiger partial charge in [-0.25, -0.2) is 4.68 Å². The molecule has 0 saturated carbocycles. The fourth-order valence-corrected chi connectivity index (χ4v) is 2.65. The number of benzene rings is 2. The Morgan fingerprint density at radius 3 is 2.81 bits per heavy atom. The molecule has 2 aromatic carbocycles. The third-order valence-corrected chi connectivity index (χ3v) is 4.26. The Labute approximate surface area is 166 Å². The van der Waals surface area contributed by atoms with Crippen LogP contribution in [0.3, 0.4) is 0 Å². The molecule has 27 heavy (non-hydrogen) atoms. The maximum Gasteiger partial charge on any atom is 0.255 e. The number of carbonyl (C=O) groups excluding carboxylic acids is 1. The van der Waals surface area contributed by atoms with Crippen LogP contribution in [-0.2, 0) is 18.1 Å². The maximum absolute atomic E-state index is 12.5. The van der Waals surface area contributed by atoms with Gasteiger partial charge < -0.3 is 14.8 Å². The molecule has 0 unspecified atom stereocenters. The Morgan fingerprint density at radius 2 is 2.04 bits per heavy atom. The lowest BCUT2D eigenvalue weighted by Gasteiger charge is -2.08. The average Bonchev–Trinajstić information content (AvgIpc) is 3.13. The van der Waals surface area contributed by atoms with E-state index in [1.54, 1.807) is 23.1 Å². The molecule has 0 aliphatic rings. The van der Waals surface area contributed by atoms with Crippen molar-refractivity contribution < 1.29 is 14.3 Å². The number of ether oxygens (including phenoxy) is 2. The van der Waals surface area contributed by atoms with Crippen molar-refractivity contribution in [3.05, 3.63) is 76.5 Å². The highest BCUT2D eigenvalue weighted by atomic mass is 79.9. The van der Waals surface area contributed by atoms with Crippen molar-refractivity contribution in [1.82, 2.24) is 9.78 Å². The smallest absolute Gasteiger partial charge is 0.255 e. The normalized spacial score (nSPS) is 10.6. The van der Waals surface area contributed by atoms with Crippen molar-refractivity contribution in [2.24, 2.45) is 0 Å². The van der Waals surface area contributed by atoms with Gasteiger partial charge in [0.2, 0.25) is 0 Å². The predicted molar refractivity (Wildman–Crippen MR) is 107 cm³/mol. The zero-order chi connectivity index (χ0) is 19.1. The number of amides is 1. The molecule has 3 aromatic rings. The molecule has 7 heteroatoms. The van der Waals surface area contributed by atoms with Crippen LogP contribution < -0.4 is 10.1 Å². The molecule has 6 nitrogen and oxygen atoms in total. The van der Waals surface area contributed by atoms with Gasteiger partial charge in [-0.3, -0.25) is 4.79 Å². The van der Waals surface area contributed by atoms with Gasteiger partial charge in [0, 0.05) is 16.6 Å². The minimum Gasteiger partial charge on any atom is -0.489 e. The molecule has 0 aliphatic carbocycles. The molecular weight excluding hydrogens is 410 g/mol. The van der Waals surface area contributed by atoms with E-state index in [2.05, 4.69) is 26.3 Å². The van der Waals surface area contributed by atoms with Gasteiger partial charge in [-0.05, 0) is 48.9 Å². The fourth-order valence-electron chi connectivity index (χ4n) is 2.39. The van der Waals surface area contributed by atoms with E-state index in [9.17, 15) is 4.79 Å². The number of rotatable bonds is 8. The molecule has 3 rings (SSSR count). The van der Waals surface area contributed by atoms with Gasteiger partial charge in [0.05, 0.1) is 18.1 Å². The first kappa shape index (κ1) is 19.1. The number of aromatic nitrogens is 2. The summed E-state index contributed by atoms with van der Waals surface area (Å²) in [6, 6.07) is 15.0. The summed E-state index contributed by atoms with van der Waals surface area (Å²) in [4.78, 5) is 12.5. The maximum atomic E-state index is 12.5. The summed E-state index contributed by atoms with van der Waals surface area (Å²) >= 11 is 3.39. The molecule has 140 valence electrons. The minimum atomic E-state index is -0.198. The average molecular weight is 430 g/mol. The minimum absolute atomic E-state index is 0.198. The Kier molecular flexibility index (Phi) is 6.62. The van der Waals surface area contributed by atoms with Crippen LogP contribution in [0, 0.1) is 0 Å². The molecule has 1 aromatic heterocycles. The highest BCUT2D eigenvalue weighted by Gasteiger charge is 2.09. The second kappa shape index (κ2) is 9.34. The molecule has 0 radical (unpaired) electrons. The Morgan fingerprint density at radius 1 is 1.22 bits per heavy atom. The third-order valence-electron chi connectivity index (χ3n) is 3.73. The second-order valence-electron chi connectivity index (χ2n) is 5.79. The van der Waals surface area contributed by atoms with Gasteiger partial charge in [0.25, 0.3) is 5.91 Å². The van der Waals surface area contributed by atoms with Gasteiger partial charge in [0.1, 0.15) is 19.1 Å². The monoisotopic (exact) mass is 429 g/mol. The van der Waals surface area contributed by atoms with Crippen LogP contribution in [0.2, 0.25) is 0 Å². The standard InChI is InChI=1S/C20H20BrN3O3/c1-2-26-14-24-12-18(11-22-24)23-20(25)16-5-3-4-15(10-16)13-27-19-8-6-17(21)7-9-19/h3-12H,2,13-14H2,1H3,(H,23,25). The van der Waals surface area contributed by atoms with Crippen molar-refractivity contribution in [2.45, 2.75) is 20.3 Å². The van der Waals surface area contributed by atoms with Crippen molar-refractivity contribution in [2.75, 3.05) is 11.9 Å². The van der Waals surface area contributed by atoms with Gasteiger partial charge >= 0.3 is 0 Å². The molecule has 0 saturated heterocycles. The molecule has 1 amide bonds. The van der Waals surface area contributed by atoms with Crippen molar-refractivity contribution in [1.29, 1.82) is 0 Å². The first-order valence-corrected chi connectivity index (χ1v) is 9.32. The summed E-state index contributed by atoms with van der Waals surface area (Å²) in [7, 11) is 0. The van der Waals surface area contributed by atoms with Gasteiger partial charge in [-0.15, -0.1) is 0 Å². The van der Waals surface area contributed by atoms with Crippen LogP contribution in [0.25, 0.3) is 0 Å². The van der Waals surface area contributed by atoms with Crippen LogP contribution in [0.15, 0.2) is 65.4 Å². The van der Waals surface area contributed by atoms with Crippen molar-refractivity contribution in [3.8, 4) is 5.75 Å². The largest absolute Gasteiger partial charge is 0.489 e. The summed E-state index contributed by atoms with van der Waals surface area (Å²) in [5, 5.41) is 6.98. The van der Waals surface area contributed by atoms with E-state index in [1.165, 1.54) is 0 Å². The van der Waals surface area contributed by atoms with E-state index in [-0.39, 0.29) is 5.91 Å². The Hall–Kier alpha value is -2.64. The SMILES string of the molecule is CCOCn1cc(NC(=O)c2cccc(COc3ccc(Br)cc3)c2)cn1. The summed E-state index contributed by atoms with van der Waals surface area (Å²) in [6.07, 6.45) is 3.32. The lowest BCUT2D eigenvalue weighted by Crippen LogP contribution is -2.12. The second-order valence-corrected chi connectivity index (χ2v) is 6.70. The lowest BCUT2D eigenvalue weighted by molar-refractivity contribution is 0.0792. The molecule has 1 N–H and O–H groups in total. The first-order valence-electron chi connectivity index (χ1n) is 8.53. The van der Waals surface area contributed by atoms with Gasteiger partial charge in [0.15, 0.2) is 0 Å². The Bertz CT molecular complexity index is 893. The predicted octanol–water partition coefficient (Wildman–Crippen LogP) is 4.47. The van der Waals surface area contributed by atoms with Gasteiger partial charge in [-0.1, -0.05) is 28.1 Å². The molecule has 0 spiro atoms. The van der Waals surface area contributed by atoms with Crippen molar-refractivity contribution in [3.63, 3.8) is 0 Å². The zero-order valence-corrected chi connectivity index (χ0v) is 16.5. The van der Waals surface area contributed by atoms with Crippen LogP contribution in [-0.4, -0.2) is 22.3 Å². The number of carbonyl (C=O) groups is 1. The number of nitrogens with one attached hydrogen (secondary N) is 1. The lowest BCUT2D eigenvalue weighted by atomic mass is 10.1. The zero-order valence-electron chi connectivity index (χ0n) is 14.9. The topological polar surface area (TPSA) is 65.4 Å². The first-order chi connectivity index (χ1) is 13.1. The fraction of sp³-hybridized carbons (Fsp3) is 0.200. The van der Waals surface area contributed by atoms with Crippen LogP contribution >= 0.6 is 15.9 Å². The summed E-state index contributed by atoms with van der Waals surface area (Å²) in [5.74, 6) is 0.575. The number of hydrogen-bond acceptors (Lipinski definition) is 4. The van der Waals surface area contributed by atoms with Crippen LogP contribution in [0.4, 0.5) is 5.69 Å². The van der Waals surface area contributed by atoms with E-state index in [0.29, 0.717) is 31.2 Å². The highest BCUT2D eigenvalue weighted by molar-refractivity contribution is 9.10. The van der Waals surface area contributed by atoms with Crippen LogP contribution in [0.1, 0.15) is 22.8 Å². The molecule has 0 atom stereocenters. The summed E-state index contributed by atoms with van der Waals surface area (Å²) in [5.41, 5.74) is 2.10. The Balaban J connectivity index is 1.59. The van der Waals surface area contributed by atoms with E-state index in [4.69, 9.17) is 9.47 Å². The molecule has 1 heterocycles. The number of nitrogens with zero attached hydrogens (tertiary/aromatic N) is 2. The van der Waals surface area contributed by atoms with Crippen LogP contribution in [0.5, 0.6) is 5.75 Å². The quantitative estimate of drug-likeness (QED) is 0.573. The summed E-state index contributed by atoms with van der Waals surface area (Å²) < 4.78 is 13.7. The van der Waals surface area contributed by atoms with E-state index in [0.717, 1.165) is 15.8 Å². The van der Waals surface area contributed by atoms with E-state index >= 15 is 0 Å². The highest BCUT2D eigenvalue weighted by Crippen LogP contribution is 2.18. The molecular formula is C20H20BrN3O3. The number of anilines is 1. The van der Waals surface area contributed by atoms with E-state index in [1.807, 2.05) is 49.4 Å². The molecule has 0 bridgehead atoms. The molecule has 0 fully saturated rings. The number of hydrogen-bond donors (Lipinski definition) is 1. The number of halogens is 1. The third kappa shape index (κ3) is 5.67.